The van der Waals surface area contributed by atoms with Crippen LogP contribution in [0.2, 0.25) is 0 Å². The smallest absolute Gasteiger partial charge is 0.259 e. The zero-order valence-corrected chi connectivity index (χ0v) is 14.6. The summed E-state index contributed by atoms with van der Waals surface area (Å²) in [6.07, 6.45) is 0.673. The van der Waals surface area contributed by atoms with E-state index in [9.17, 15) is 9.90 Å². The number of ether oxygens (including phenoxy) is 1. The fraction of sp³-hybridized carbons (Fsp3) is 0.0909. The minimum Gasteiger partial charge on any atom is -0.507 e. The molecule has 0 unspecified atom stereocenters. The van der Waals surface area contributed by atoms with Gasteiger partial charge in [-0.15, -0.1) is 0 Å². The average Bonchev–Trinajstić information content (AvgIpc) is 2.69. The van der Waals surface area contributed by atoms with Crippen LogP contribution in [0.25, 0.3) is 0 Å². The first kappa shape index (κ1) is 18.0. The average molecular weight is 358 g/mol. The number of carbonyl (C=O) groups excluding carboxylic acids is 1. The summed E-state index contributed by atoms with van der Waals surface area (Å²) >= 11 is 0. The van der Waals surface area contributed by atoms with Gasteiger partial charge in [-0.25, -0.2) is 0 Å². The molecule has 27 heavy (non-hydrogen) atoms. The van der Waals surface area contributed by atoms with E-state index in [-0.39, 0.29) is 17.9 Å². The molecule has 2 N–H and O–H groups in total. The lowest BCUT2D eigenvalue weighted by Gasteiger charge is -2.10. The van der Waals surface area contributed by atoms with Crippen LogP contribution in [0.1, 0.15) is 21.5 Å². The van der Waals surface area contributed by atoms with E-state index in [1.165, 1.54) is 6.07 Å². The molecule has 3 aromatic rings. The lowest BCUT2D eigenvalue weighted by atomic mass is 10.0. The summed E-state index contributed by atoms with van der Waals surface area (Å²) in [7, 11) is 0. The molecule has 0 fully saturated rings. The van der Waals surface area contributed by atoms with Gasteiger partial charge in [0.1, 0.15) is 17.6 Å². The van der Waals surface area contributed by atoms with E-state index in [2.05, 4.69) is 5.32 Å². The molecule has 0 bridgehead atoms. The molecule has 0 saturated heterocycles. The molecule has 0 radical (unpaired) electrons. The second kappa shape index (κ2) is 8.54. The standard InChI is InChI=1S/C22H18N2O3/c23-12-13-27-19-9-7-18(8-10-19)24-22(26)20-15-17(6-11-21(20)25)14-16-4-2-1-3-5-16/h1-11,15,25H,13-14H2,(H,24,26). The van der Waals surface area contributed by atoms with Gasteiger partial charge in [0, 0.05) is 5.69 Å². The molecule has 0 aromatic heterocycles. The quantitative estimate of drug-likeness (QED) is 0.694. The highest BCUT2D eigenvalue weighted by atomic mass is 16.5. The second-order valence-electron chi connectivity index (χ2n) is 5.94. The lowest BCUT2D eigenvalue weighted by Crippen LogP contribution is -2.12. The molecule has 0 aliphatic heterocycles. The Kier molecular flexibility index (Phi) is 5.70. The van der Waals surface area contributed by atoms with Crippen LogP contribution < -0.4 is 10.1 Å². The molecule has 5 nitrogen and oxygen atoms in total. The number of hydrogen-bond acceptors (Lipinski definition) is 4. The van der Waals surface area contributed by atoms with Crippen LogP contribution in [0, 0.1) is 11.3 Å². The number of phenols is 1. The fourth-order valence-electron chi connectivity index (χ4n) is 2.66. The van der Waals surface area contributed by atoms with Gasteiger partial charge < -0.3 is 15.2 Å². The van der Waals surface area contributed by atoms with Crippen molar-refractivity contribution in [2.24, 2.45) is 0 Å². The third-order valence-electron chi connectivity index (χ3n) is 3.97. The Balaban J connectivity index is 1.72. The fourth-order valence-corrected chi connectivity index (χ4v) is 2.66. The summed E-state index contributed by atoms with van der Waals surface area (Å²) in [5.41, 5.74) is 2.84. The van der Waals surface area contributed by atoms with Crippen molar-refractivity contribution in [3.63, 3.8) is 0 Å². The maximum Gasteiger partial charge on any atom is 0.259 e. The van der Waals surface area contributed by atoms with Crippen LogP contribution in [-0.2, 0) is 6.42 Å². The first-order valence-electron chi connectivity index (χ1n) is 8.42. The van der Waals surface area contributed by atoms with E-state index in [0.717, 1.165) is 11.1 Å². The second-order valence-corrected chi connectivity index (χ2v) is 5.94. The Morgan fingerprint density at radius 1 is 1.00 bits per heavy atom. The van der Waals surface area contributed by atoms with Gasteiger partial charge in [-0.05, 0) is 53.9 Å². The van der Waals surface area contributed by atoms with Crippen molar-refractivity contribution in [1.82, 2.24) is 0 Å². The Morgan fingerprint density at radius 3 is 2.44 bits per heavy atom. The van der Waals surface area contributed by atoms with Crippen LogP contribution in [0.5, 0.6) is 11.5 Å². The number of benzene rings is 3. The third-order valence-corrected chi connectivity index (χ3v) is 3.97. The molecule has 0 saturated carbocycles. The highest BCUT2D eigenvalue weighted by Crippen LogP contribution is 2.23. The van der Waals surface area contributed by atoms with E-state index in [1.54, 1.807) is 36.4 Å². The van der Waals surface area contributed by atoms with E-state index in [1.807, 2.05) is 36.4 Å². The van der Waals surface area contributed by atoms with Gasteiger partial charge in [-0.2, -0.15) is 5.26 Å². The van der Waals surface area contributed by atoms with Gasteiger partial charge >= 0.3 is 0 Å². The van der Waals surface area contributed by atoms with Gasteiger partial charge in [0.15, 0.2) is 6.61 Å². The van der Waals surface area contributed by atoms with Crippen molar-refractivity contribution in [2.75, 3.05) is 11.9 Å². The zero-order valence-electron chi connectivity index (χ0n) is 14.6. The molecule has 5 heteroatoms. The van der Waals surface area contributed by atoms with E-state index in [0.29, 0.717) is 17.9 Å². The first-order valence-corrected chi connectivity index (χ1v) is 8.42. The van der Waals surface area contributed by atoms with Crippen LogP contribution >= 0.6 is 0 Å². The molecule has 0 aliphatic rings. The Hall–Kier alpha value is -3.78. The van der Waals surface area contributed by atoms with E-state index >= 15 is 0 Å². The minimum atomic E-state index is -0.395. The van der Waals surface area contributed by atoms with Crippen molar-refractivity contribution >= 4 is 11.6 Å². The first-order chi connectivity index (χ1) is 13.2. The number of nitrogens with zero attached hydrogens (tertiary/aromatic N) is 1. The maximum atomic E-state index is 12.6. The van der Waals surface area contributed by atoms with Gasteiger partial charge in [-0.3, -0.25) is 4.79 Å². The summed E-state index contributed by atoms with van der Waals surface area (Å²) in [6, 6.07) is 23.5. The number of amides is 1. The number of hydrogen-bond donors (Lipinski definition) is 2. The Labute approximate surface area is 157 Å². The summed E-state index contributed by atoms with van der Waals surface area (Å²) in [5.74, 6) is 0.0774. The molecule has 0 atom stereocenters. The number of nitriles is 1. The van der Waals surface area contributed by atoms with Gasteiger partial charge in [0.05, 0.1) is 5.56 Å². The maximum absolute atomic E-state index is 12.6. The van der Waals surface area contributed by atoms with Crippen LogP contribution in [0.3, 0.4) is 0 Å². The monoisotopic (exact) mass is 358 g/mol. The summed E-state index contributed by atoms with van der Waals surface area (Å²) in [4.78, 5) is 12.6. The van der Waals surface area contributed by atoms with Crippen LogP contribution in [0.4, 0.5) is 5.69 Å². The Bertz CT molecular complexity index is 961. The Morgan fingerprint density at radius 2 is 1.74 bits per heavy atom. The molecular formula is C22H18N2O3. The van der Waals surface area contributed by atoms with Crippen LogP contribution in [-0.4, -0.2) is 17.6 Å². The highest BCUT2D eigenvalue weighted by Gasteiger charge is 2.13. The topological polar surface area (TPSA) is 82.3 Å². The third kappa shape index (κ3) is 4.86. The molecule has 134 valence electrons. The molecule has 0 spiro atoms. The number of rotatable bonds is 6. The summed E-state index contributed by atoms with van der Waals surface area (Å²) in [6.45, 7) is -0.0339. The summed E-state index contributed by atoms with van der Waals surface area (Å²) in [5, 5.41) is 21.3. The van der Waals surface area contributed by atoms with Crippen molar-refractivity contribution in [2.45, 2.75) is 6.42 Å². The van der Waals surface area contributed by atoms with E-state index in [4.69, 9.17) is 10.00 Å². The van der Waals surface area contributed by atoms with Gasteiger partial charge in [-0.1, -0.05) is 36.4 Å². The largest absolute Gasteiger partial charge is 0.507 e. The van der Waals surface area contributed by atoms with Crippen molar-refractivity contribution in [3.05, 3.63) is 89.5 Å². The highest BCUT2D eigenvalue weighted by molar-refractivity contribution is 6.06. The molecule has 0 aliphatic carbocycles. The zero-order chi connectivity index (χ0) is 19.1. The number of carbonyl (C=O) groups is 1. The predicted molar refractivity (Wildman–Crippen MR) is 103 cm³/mol. The number of anilines is 1. The molecular weight excluding hydrogens is 340 g/mol. The number of nitrogens with one attached hydrogen (secondary N) is 1. The van der Waals surface area contributed by atoms with Gasteiger partial charge in [0.25, 0.3) is 5.91 Å². The predicted octanol–water partition coefficient (Wildman–Crippen LogP) is 4.14. The molecule has 3 rings (SSSR count). The SMILES string of the molecule is N#CCOc1ccc(NC(=O)c2cc(Cc3ccccc3)ccc2O)cc1. The normalized spacial score (nSPS) is 10.0. The number of phenolic OH excluding ortho intramolecular Hbond substituents is 1. The van der Waals surface area contributed by atoms with Crippen molar-refractivity contribution in [3.8, 4) is 17.6 Å². The van der Waals surface area contributed by atoms with Crippen LogP contribution in [0.15, 0.2) is 72.8 Å². The van der Waals surface area contributed by atoms with Crippen molar-refractivity contribution in [1.29, 1.82) is 5.26 Å². The lowest BCUT2D eigenvalue weighted by molar-refractivity contribution is 0.102. The molecule has 1 amide bonds. The molecule has 0 heterocycles. The van der Waals surface area contributed by atoms with E-state index < -0.39 is 5.91 Å². The minimum absolute atomic E-state index is 0.0339. The van der Waals surface area contributed by atoms with Crippen molar-refractivity contribution < 1.29 is 14.6 Å². The van der Waals surface area contributed by atoms with Gasteiger partial charge in [0.2, 0.25) is 0 Å². The summed E-state index contributed by atoms with van der Waals surface area (Å²) < 4.78 is 5.18. The number of aromatic hydroxyl groups is 1. The molecule has 3 aromatic carbocycles.